The van der Waals surface area contributed by atoms with Crippen LogP contribution in [0.1, 0.15) is 20.8 Å². The highest BCUT2D eigenvalue weighted by molar-refractivity contribution is 6.32. The molecule has 1 rings (SSSR count). The number of alkyl halides is 1. The number of methoxy groups -OCH3 is 1. The molecule has 1 aromatic rings. The summed E-state index contributed by atoms with van der Waals surface area (Å²) in [5.41, 5.74) is -0.329. The summed E-state index contributed by atoms with van der Waals surface area (Å²) in [5.74, 6) is 0.519. The van der Waals surface area contributed by atoms with Gasteiger partial charge in [0.1, 0.15) is 5.02 Å². The lowest BCUT2D eigenvalue weighted by molar-refractivity contribution is 0.380. The first-order chi connectivity index (χ1) is 7.36. The molecule has 1 unspecified atom stereocenters. The first kappa shape index (κ1) is 13.3. The number of nitrogens with one attached hydrogen (secondary N) is 1. The minimum absolute atomic E-state index is 0.0791. The lowest BCUT2D eigenvalue weighted by Crippen LogP contribution is -2.39. The minimum Gasteiger partial charge on any atom is -0.467 e. The standard InChI is InChI=1S/C10H15Cl2N3O/c1-6(11)10(2,3)15-8-7(12)5-13-9(14-8)16-4/h5-6H,1-4H3,(H,13,14,15). The quantitative estimate of drug-likeness (QED) is 0.849. The van der Waals surface area contributed by atoms with Crippen LogP contribution in [-0.4, -0.2) is 28.0 Å². The second kappa shape index (κ2) is 5.06. The first-order valence-corrected chi connectivity index (χ1v) is 5.67. The van der Waals surface area contributed by atoms with Gasteiger partial charge in [-0.05, 0) is 20.8 Å². The van der Waals surface area contributed by atoms with Crippen LogP contribution >= 0.6 is 23.2 Å². The van der Waals surface area contributed by atoms with Gasteiger partial charge in [0, 0.05) is 5.54 Å². The van der Waals surface area contributed by atoms with E-state index in [-0.39, 0.29) is 16.9 Å². The van der Waals surface area contributed by atoms with Crippen molar-refractivity contribution in [2.45, 2.75) is 31.7 Å². The maximum absolute atomic E-state index is 6.07. The van der Waals surface area contributed by atoms with Crippen LogP contribution in [0.5, 0.6) is 6.01 Å². The number of hydrogen-bond acceptors (Lipinski definition) is 4. The molecular formula is C10H15Cl2N3O. The average molecular weight is 264 g/mol. The summed E-state index contributed by atoms with van der Waals surface area (Å²) in [7, 11) is 1.50. The molecule has 1 atom stereocenters. The topological polar surface area (TPSA) is 47.0 Å². The molecule has 0 aliphatic heterocycles. The molecule has 90 valence electrons. The Balaban J connectivity index is 2.96. The van der Waals surface area contributed by atoms with Crippen molar-refractivity contribution in [3.8, 4) is 6.01 Å². The smallest absolute Gasteiger partial charge is 0.318 e. The number of halogens is 2. The molecule has 1 aromatic heterocycles. The van der Waals surface area contributed by atoms with E-state index in [9.17, 15) is 0 Å². The zero-order valence-corrected chi connectivity index (χ0v) is 11.2. The van der Waals surface area contributed by atoms with E-state index < -0.39 is 0 Å². The van der Waals surface area contributed by atoms with E-state index in [1.54, 1.807) is 0 Å². The molecule has 0 bridgehead atoms. The van der Waals surface area contributed by atoms with Crippen LogP contribution in [0, 0.1) is 0 Å². The van der Waals surface area contributed by atoms with Gasteiger partial charge in [0.2, 0.25) is 0 Å². The second-order valence-corrected chi connectivity index (χ2v) is 5.08. The summed E-state index contributed by atoms with van der Waals surface area (Å²) in [5, 5.41) is 3.52. The Morgan fingerprint density at radius 1 is 1.50 bits per heavy atom. The van der Waals surface area contributed by atoms with E-state index in [1.165, 1.54) is 13.3 Å². The van der Waals surface area contributed by atoms with Crippen LogP contribution in [0.25, 0.3) is 0 Å². The molecular weight excluding hydrogens is 249 g/mol. The molecule has 1 N–H and O–H groups in total. The fourth-order valence-electron chi connectivity index (χ4n) is 0.942. The largest absolute Gasteiger partial charge is 0.467 e. The summed E-state index contributed by atoms with van der Waals surface area (Å²) >= 11 is 12.0. The van der Waals surface area contributed by atoms with Crippen molar-refractivity contribution in [3.05, 3.63) is 11.2 Å². The third-order valence-electron chi connectivity index (χ3n) is 2.34. The third-order valence-corrected chi connectivity index (χ3v) is 3.16. The highest BCUT2D eigenvalue weighted by Gasteiger charge is 2.25. The number of aromatic nitrogens is 2. The van der Waals surface area contributed by atoms with Crippen LogP contribution in [-0.2, 0) is 0 Å². The van der Waals surface area contributed by atoms with E-state index in [0.717, 1.165) is 0 Å². The summed E-state index contributed by atoms with van der Waals surface area (Å²) in [6.07, 6.45) is 1.49. The molecule has 0 spiro atoms. The maximum Gasteiger partial charge on any atom is 0.318 e. The van der Waals surface area contributed by atoms with E-state index in [0.29, 0.717) is 10.8 Å². The molecule has 0 radical (unpaired) electrons. The highest BCUT2D eigenvalue weighted by Crippen LogP contribution is 2.26. The Labute approximate surface area is 105 Å². The van der Waals surface area contributed by atoms with Gasteiger partial charge in [-0.2, -0.15) is 4.98 Å². The SMILES string of the molecule is COc1ncc(Cl)c(NC(C)(C)C(C)Cl)n1. The van der Waals surface area contributed by atoms with Crippen molar-refractivity contribution >= 4 is 29.0 Å². The number of hydrogen-bond donors (Lipinski definition) is 1. The van der Waals surface area contributed by atoms with Crippen molar-refractivity contribution in [2.75, 3.05) is 12.4 Å². The predicted octanol–water partition coefficient (Wildman–Crippen LogP) is 2.96. The molecule has 0 fully saturated rings. The van der Waals surface area contributed by atoms with Crippen LogP contribution in [0.3, 0.4) is 0 Å². The molecule has 6 heteroatoms. The van der Waals surface area contributed by atoms with Crippen molar-refractivity contribution in [3.63, 3.8) is 0 Å². The average Bonchev–Trinajstić information content (AvgIpc) is 2.21. The molecule has 0 aromatic carbocycles. The summed E-state index contributed by atoms with van der Waals surface area (Å²) in [4.78, 5) is 8.02. The maximum atomic E-state index is 6.07. The normalized spacial score (nSPS) is 13.4. The van der Waals surface area contributed by atoms with Gasteiger partial charge in [-0.15, -0.1) is 11.6 Å². The van der Waals surface area contributed by atoms with Gasteiger partial charge < -0.3 is 10.1 Å². The summed E-state index contributed by atoms with van der Waals surface area (Å²) in [6.45, 7) is 5.84. The van der Waals surface area contributed by atoms with Crippen LogP contribution in [0.15, 0.2) is 6.20 Å². The van der Waals surface area contributed by atoms with Gasteiger partial charge in [-0.3, -0.25) is 0 Å². The Morgan fingerprint density at radius 3 is 2.62 bits per heavy atom. The van der Waals surface area contributed by atoms with Gasteiger partial charge in [0.05, 0.1) is 18.7 Å². The third kappa shape index (κ3) is 3.12. The van der Waals surface area contributed by atoms with Gasteiger partial charge in [-0.25, -0.2) is 4.98 Å². The van der Waals surface area contributed by atoms with Crippen LogP contribution in [0.2, 0.25) is 5.02 Å². The molecule has 1 heterocycles. The Hall–Kier alpha value is -0.740. The fraction of sp³-hybridized carbons (Fsp3) is 0.600. The summed E-state index contributed by atoms with van der Waals surface area (Å²) < 4.78 is 4.93. The first-order valence-electron chi connectivity index (χ1n) is 4.85. The van der Waals surface area contributed by atoms with Gasteiger partial charge >= 0.3 is 6.01 Å². The molecule has 0 amide bonds. The predicted molar refractivity (Wildman–Crippen MR) is 66.6 cm³/mol. The molecule has 0 aliphatic carbocycles. The highest BCUT2D eigenvalue weighted by atomic mass is 35.5. The fourth-order valence-corrected chi connectivity index (χ4v) is 1.13. The van der Waals surface area contributed by atoms with E-state index >= 15 is 0 Å². The van der Waals surface area contributed by atoms with Crippen LogP contribution in [0.4, 0.5) is 5.82 Å². The lowest BCUT2D eigenvalue weighted by atomic mass is 10.0. The lowest BCUT2D eigenvalue weighted by Gasteiger charge is -2.29. The molecule has 0 saturated carbocycles. The van der Waals surface area contributed by atoms with Crippen molar-refractivity contribution in [1.29, 1.82) is 0 Å². The molecule has 0 saturated heterocycles. The summed E-state index contributed by atoms with van der Waals surface area (Å²) in [6, 6.07) is 0.268. The zero-order chi connectivity index (χ0) is 12.3. The van der Waals surface area contributed by atoms with Crippen LogP contribution < -0.4 is 10.1 Å². The molecule has 0 aliphatic rings. The number of anilines is 1. The number of rotatable bonds is 4. The van der Waals surface area contributed by atoms with E-state index in [1.807, 2.05) is 20.8 Å². The molecule has 4 nitrogen and oxygen atoms in total. The van der Waals surface area contributed by atoms with E-state index in [4.69, 9.17) is 27.9 Å². The van der Waals surface area contributed by atoms with Crippen molar-refractivity contribution < 1.29 is 4.74 Å². The van der Waals surface area contributed by atoms with Gasteiger partial charge in [0.25, 0.3) is 0 Å². The van der Waals surface area contributed by atoms with Gasteiger partial charge in [-0.1, -0.05) is 11.6 Å². The number of nitrogens with zero attached hydrogens (tertiary/aromatic N) is 2. The minimum atomic E-state index is -0.329. The Bertz CT molecular complexity index is 369. The van der Waals surface area contributed by atoms with Crippen molar-refractivity contribution in [2.24, 2.45) is 0 Å². The van der Waals surface area contributed by atoms with Crippen molar-refractivity contribution in [1.82, 2.24) is 9.97 Å². The van der Waals surface area contributed by atoms with E-state index in [2.05, 4.69) is 15.3 Å². The van der Waals surface area contributed by atoms with Gasteiger partial charge in [0.15, 0.2) is 5.82 Å². The monoisotopic (exact) mass is 263 g/mol. The number of ether oxygens (including phenoxy) is 1. The Morgan fingerprint density at radius 2 is 2.12 bits per heavy atom. The second-order valence-electron chi connectivity index (χ2n) is 4.02. The molecule has 16 heavy (non-hydrogen) atoms. The zero-order valence-electron chi connectivity index (χ0n) is 9.71. The Kier molecular flexibility index (Phi) is 4.21.